The number of nitrogens with zero attached hydrogens (tertiary/aromatic N) is 6. The molecule has 0 spiro atoms. The largest absolute Gasteiger partial charge is 0.481 e. The number of methoxy groups -OCH3 is 1. The van der Waals surface area contributed by atoms with Crippen molar-refractivity contribution in [3.8, 4) is 17.3 Å². The minimum atomic E-state index is 0.156. The van der Waals surface area contributed by atoms with E-state index < -0.39 is 0 Å². The van der Waals surface area contributed by atoms with E-state index in [9.17, 15) is 4.79 Å². The predicted octanol–water partition coefficient (Wildman–Crippen LogP) is 1.44. The first-order valence-electron chi connectivity index (χ1n) is 8.91. The summed E-state index contributed by atoms with van der Waals surface area (Å²) in [5.74, 6) is 1.50. The SMILES string of the molecule is COc1ccc(-c2nc3c([nH]2)CN(C(=O)CCCn2cncn2)CC3)cn1. The van der Waals surface area contributed by atoms with Crippen LogP contribution in [0.1, 0.15) is 24.2 Å². The van der Waals surface area contributed by atoms with E-state index in [4.69, 9.17) is 4.74 Å². The molecule has 1 N–H and O–H groups in total. The zero-order chi connectivity index (χ0) is 18.6. The van der Waals surface area contributed by atoms with Gasteiger partial charge in [0.25, 0.3) is 0 Å². The van der Waals surface area contributed by atoms with Crippen LogP contribution in [0.25, 0.3) is 11.4 Å². The first-order valence-corrected chi connectivity index (χ1v) is 8.91. The van der Waals surface area contributed by atoms with Crippen molar-refractivity contribution in [3.05, 3.63) is 42.4 Å². The quantitative estimate of drug-likeness (QED) is 0.707. The summed E-state index contributed by atoms with van der Waals surface area (Å²) in [6.07, 6.45) is 6.90. The molecule has 1 amide bonds. The van der Waals surface area contributed by atoms with Gasteiger partial charge in [-0.25, -0.2) is 15.0 Å². The van der Waals surface area contributed by atoms with Crippen molar-refractivity contribution in [2.45, 2.75) is 32.4 Å². The number of imidazole rings is 1. The van der Waals surface area contributed by atoms with Crippen molar-refractivity contribution < 1.29 is 9.53 Å². The molecule has 9 heteroatoms. The number of aromatic nitrogens is 6. The van der Waals surface area contributed by atoms with Gasteiger partial charge in [0, 0.05) is 43.8 Å². The van der Waals surface area contributed by atoms with Crippen LogP contribution in [0.3, 0.4) is 0 Å². The van der Waals surface area contributed by atoms with Crippen molar-refractivity contribution in [3.63, 3.8) is 0 Å². The molecule has 0 saturated carbocycles. The fourth-order valence-corrected chi connectivity index (χ4v) is 3.18. The molecule has 0 unspecified atom stereocenters. The Kier molecular flexibility index (Phi) is 4.82. The number of nitrogens with one attached hydrogen (secondary N) is 1. The Morgan fingerprint density at radius 3 is 3.04 bits per heavy atom. The van der Waals surface area contributed by atoms with Gasteiger partial charge < -0.3 is 14.6 Å². The maximum Gasteiger partial charge on any atom is 0.222 e. The van der Waals surface area contributed by atoms with Crippen molar-refractivity contribution in [1.29, 1.82) is 0 Å². The lowest BCUT2D eigenvalue weighted by molar-refractivity contribution is -0.132. The van der Waals surface area contributed by atoms with Crippen LogP contribution in [0.15, 0.2) is 31.0 Å². The molecule has 1 aliphatic rings. The standard InChI is InChI=1S/C18H21N7O2/c1-27-16-5-4-13(9-20-16)18-22-14-6-8-24(10-15(14)23-18)17(26)3-2-7-25-12-19-11-21-25/h4-5,9,11-12H,2-3,6-8,10H2,1H3,(H,22,23). The molecule has 4 heterocycles. The fraction of sp³-hybridized carbons (Fsp3) is 0.389. The summed E-state index contributed by atoms with van der Waals surface area (Å²) in [7, 11) is 1.59. The number of amides is 1. The first kappa shape index (κ1) is 17.2. The molecule has 0 aliphatic carbocycles. The monoisotopic (exact) mass is 367 g/mol. The molecule has 0 bridgehead atoms. The number of ether oxygens (including phenoxy) is 1. The van der Waals surface area contributed by atoms with Gasteiger partial charge in [-0.2, -0.15) is 5.10 Å². The van der Waals surface area contributed by atoms with Gasteiger partial charge in [0.1, 0.15) is 18.5 Å². The Labute approximate surface area is 156 Å². The topological polar surface area (TPSA) is 102 Å². The minimum Gasteiger partial charge on any atom is -0.481 e. The molecular formula is C18H21N7O2. The average Bonchev–Trinajstić information content (AvgIpc) is 3.37. The highest BCUT2D eigenvalue weighted by Crippen LogP contribution is 2.23. The van der Waals surface area contributed by atoms with E-state index in [-0.39, 0.29) is 5.91 Å². The summed E-state index contributed by atoms with van der Waals surface area (Å²) in [4.78, 5) is 30.5. The predicted molar refractivity (Wildman–Crippen MR) is 96.7 cm³/mol. The van der Waals surface area contributed by atoms with Crippen LogP contribution >= 0.6 is 0 Å². The Balaban J connectivity index is 1.37. The van der Waals surface area contributed by atoms with Crippen molar-refractivity contribution in [2.75, 3.05) is 13.7 Å². The van der Waals surface area contributed by atoms with Crippen LogP contribution in [-0.4, -0.2) is 54.2 Å². The molecular weight excluding hydrogens is 346 g/mol. The normalized spacial score (nSPS) is 13.4. The van der Waals surface area contributed by atoms with Gasteiger partial charge >= 0.3 is 0 Å². The summed E-state index contributed by atoms with van der Waals surface area (Å²) >= 11 is 0. The maximum atomic E-state index is 12.5. The number of hydrogen-bond acceptors (Lipinski definition) is 6. The molecule has 9 nitrogen and oxygen atoms in total. The molecule has 0 radical (unpaired) electrons. The van der Waals surface area contributed by atoms with Gasteiger partial charge in [-0.3, -0.25) is 9.48 Å². The van der Waals surface area contributed by atoms with Gasteiger partial charge in [0.15, 0.2) is 0 Å². The maximum absolute atomic E-state index is 12.5. The summed E-state index contributed by atoms with van der Waals surface area (Å²) in [5, 5.41) is 4.05. The molecule has 140 valence electrons. The van der Waals surface area contributed by atoms with Crippen LogP contribution in [0.5, 0.6) is 5.88 Å². The van der Waals surface area contributed by atoms with Crippen LogP contribution in [0.2, 0.25) is 0 Å². The number of carbonyl (C=O) groups is 1. The van der Waals surface area contributed by atoms with E-state index in [1.165, 1.54) is 6.33 Å². The van der Waals surface area contributed by atoms with Gasteiger partial charge in [0.2, 0.25) is 11.8 Å². The number of hydrogen-bond donors (Lipinski definition) is 1. The lowest BCUT2D eigenvalue weighted by Crippen LogP contribution is -2.36. The van der Waals surface area contributed by atoms with E-state index in [1.807, 2.05) is 17.0 Å². The zero-order valence-electron chi connectivity index (χ0n) is 15.1. The number of aromatic amines is 1. The van der Waals surface area contributed by atoms with Crippen LogP contribution in [0.4, 0.5) is 0 Å². The number of carbonyl (C=O) groups excluding carboxylic acids is 1. The Morgan fingerprint density at radius 1 is 1.37 bits per heavy atom. The molecule has 4 rings (SSSR count). The summed E-state index contributed by atoms with van der Waals surface area (Å²) in [6.45, 7) is 1.96. The molecule has 27 heavy (non-hydrogen) atoms. The highest BCUT2D eigenvalue weighted by molar-refractivity contribution is 5.76. The second-order valence-electron chi connectivity index (χ2n) is 6.43. The average molecular weight is 367 g/mol. The lowest BCUT2D eigenvalue weighted by Gasteiger charge is -2.26. The smallest absolute Gasteiger partial charge is 0.222 e. The molecule has 3 aromatic heterocycles. The van der Waals surface area contributed by atoms with E-state index in [0.29, 0.717) is 31.9 Å². The molecule has 0 atom stereocenters. The first-order chi connectivity index (χ1) is 13.2. The van der Waals surface area contributed by atoms with Gasteiger partial charge in [-0.1, -0.05) is 0 Å². The van der Waals surface area contributed by atoms with Crippen LogP contribution < -0.4 is 4.74 Å². The third-order valence-electron chi connectivity index (χ3n) is 4.65. The second-order valence-corrected chi connectivity index (χ2v) is 6.43. The van der Waals surface area contributed by atoms with E-state index in [2.05, 4.69) is 25.0 Å². The van der Waals surface area contributed by atoms with Gasteiger partial charge in [-0.05, 0) is 12.5 Å². The van der Waals surface area contributed by atoms with Crippen molar-refractivity contribution >= 4 is 5.91 Å². The lowest BCUT2D eigenvalue weighted by atomic mass is 10.1. The number of fused-ring (bicyclic) bond motifs is 1. The second kappa shape index (κ2) is 7.56. The summed E-state index contributed by atoms with van der Waals surface area (Å²) < 4.78 is 6.83. The molecule has 1 aliphatic heterocycles. The Morgan fingerprint density at radius 2 is 2.30 bits per heavy atom. The minimum absolute atomic E-state index is 0.156. The van der Waals surface area contributed by atoms with E-state index in [1.54, 1.807) is 24.3 Å². The van der Waals surface area contributed by atoms with E-state index >= 15 is 0 Å². The molecule has 0 saturated heterocycles. The van der Waals surface area contributed by atoms with E-state index in [0.717, 1.165) is 35.6 Å². The molecule has 0 fully saturated rings. The summed E-state index contributed by atoms with van der Waals surface area (Å²) in [5.41, 5.74) is 2.92. The fourth-order valence-electron chi connectivity index (χ4n) is 3.18. The number of rotatable bonds is 6. The highest BCUT2D eigenvalue weighted by atomic mass is 16.5. The molecule has 0 aromatic carbocycles. The third-order valence-corrected chi connectivity index (χ3v) is 4.65. The Bertz CT molecular complexity index is 902. The third kappa shape index (κ3) is 3.81. The van der Waals surface area contributed by atoms with Gasteiger partial charge in [-0.15, -0.1) is 0 Å². The number of aryl methyl sites for hydroxylation is 1. The van der Waals surface area contributed by atoms with Crippen molar-refractivity contribution in [1.82, 2.24) is 34.6 Å². The Hall–Kier alpha value is -3.23. The highest BCUT2D eigenvalue weighted by Gasteiger charge is 2.23. The van der Waals surface area contributed by atoms with Gasteiger partial charge in [0.05, 0.1) is 25.0 Å². The zero-order valence-corrected chi connectivity index (χ0v) is 15.1. The molecule has 3 aromatic rings. The van der Waals surface area contributed by atoms with Crippen LogP contribution in [0, 0.1) is 0 Å². The van der Waals surface area contributed by atoms with Crippen molar-refractivity contribution in [2.24, 2.45) is 0 Å². The summed E-state index contributed by atoms with van der Waals surface area (Å²) in [6, 6.07) is 3.73. The number of pyridine rings is 1. The number of H-pyrrole nitrogens is 1. The van der Waals surface area contributed by atoms with Crippen LogP contribution in [-0.2, 0) is 24.3 Å².